The Morgan fingerprint density at radius 1 is 1.03 bits per heavy atom. The van der Waals surface area contributed by atoms with E-state index in [-0.39, 0.29) is 36.7 Å². The number of benzene rings is 1. The number of carbonyl (C=O) groups is 3. The Morgan fingerprint density at radius 2 is 1.70 bits per heavy atom. The number of hydrogen-bond acceptors (Lipinski definition) is 4. The molecule has 0 fully saturated rings. The molecule has 7 heteroatoms. The van der Waals surface area contributed by atoms with E-state index in [4.69, 9.17) is 0 Å². The zero-order valence-electron chi connectivity index (χ0n) is 17.8. The summed E-state index contributed by atoms with van der Waals surface area (Å²) in [6, 6.07) is 9.29. The largest absolute Gasteiger partial charge is 0.349 e. The summed E-state index contributed by atoms with van der Waals surface area (Å²) in [7, 11) is 1.81. The van der Waals surface area contributed by atoms with Gasteiger partial charge in [0.15, 0.2) is 18.9 Å². The maximum atomic E-state index is 13.2. The van der Waals surface area contributed by atoms with Crippen LogP contribution < -0.4 is 15.5 Å². The maximum absolute atomic E-state index is 13.2. The number of thiophene rings is 1. The number of likely N-dealkylation sites (N-methyl/N-ethyl adjacent to an activating group) is 1. The fraction of sp³-hybridized carbons (Fsp3) is 0.435. The molecule has 2 aromatic rings. The molecule has 0 saturated heterocycles. The summed E-state index contributed by atoms with van der Waals surface area (Å²) < 4.78 is 0. The van der Waals surface area contributed by atoms with E-state index in [9.17, 15) is 14.4 Å². The van der Waals surface area contributed by atoms with Crippen LogP contribution in [0.5, 0.6) is 0 Å². The van der Waals surface area contributed by atoms with Crippen LogP contribution in [0, 0.1) is 0 Å². The highest BCUT2D eigenvalue weighted by atomic mass is 32.1. The number of amides is 2. The average Bonchev–Trinajstić information content (AvgIpc) is 3.04. The minimum atomic E-state index is -0.189. The van der Waals surface area contributed by atoms with Gasteiger partial charge in [0.2, 0.25) is 0 Å². The summed E-state index contributed by atoms with van der Waals surface area (Å²) >= 11 is 1.52. The molecule has 1 aromatic heterocycles. The lowest BCUT2D eigenvalue weighted by Gasteiger charge is -2.15. The molecule has 3 rings (SSSR count). The first-order valence-corrected chi connectivity index (χ1v) is 11.3. The second-order valence-electron chi connectivity index (χ2n) is 8.19. The number of hydrogen-bond donors (Lipinski definition) is 3. The summed E-state index contributed by atoms with van der Waals surface area (Å²) in [5.74, 6) is -0.310. The van der Waals surface area contributed by atoms with Crippen molar-refractivity contribution in [3.8, 4) is 0 Å². The van der Waals surface area contributed by atoms with Crippen molar-refractivity contribution in [2.75, 3.05) is 25.5 Å². The van der Waals surface area contributed by atoms with E-state index in [1.807, 2.05) is 51.2 Å². The van der Waals surface area contributed by atoms with Gasteiger partial charge in [0.25, 0.3) is 11.8 Å². The van der Waals surface area contributed by atoms with Crippen LogP contribution in [-0.2, 0) is 22.4 Å². The molecule has 0 aliphatic heterocycles. The summed E-state index contributed by atoms with van der Waals surface area (Å²) in [6.07, 6.45) is 3.99. The average molecular weight is 429 g/mol. The van der Waals surface area contributed by atoms with Crippen molar-refractivity contribution in [1.29, 1.82) is 0 Å². The number of ketones is 1. The Kier molecular flexibility index (Phi) is 7.39. The maximum Gasteiger partial charge on any atom is 0.280 e. The van der Waals surface area contributed by atoms with Crippen LogP contribution in [0.2, 0.25) is 0 Å². The molecule has 160 valence electrons. The molecule has 1 aliphatic carbocycles. The van der Waals surface area contributed by atoms with E-state index >= 15 is 0 Å². The molecule has 1 unspecified atom stereocenters. The molecule has 3 N–H and O–H groups in total. The van der Waals surface area contributed by atoms with Crippen molar-refractivity contribution in [3.05, 3.63) is 51.9 Å². The van der Waals surface area contributed by atoms with E-state index in [2.05, 4.69) is 10.6 Å². The van der Waals surface area contributed by atoms with Gasteiger partial charge >= 0.3 is 0 Å². The molecule has 1 aliphatic rings. The number of aryl methyl sites for hydroxylation is 1. The first kappa shape index (κ1) is 22.2. The summed E-state index contributed by atoms with van der Waals surface area (Å²) in [6.45, 7) is 4.20. The second kappa shape index (κ2) is 10.00. The molecule has 1 heterocycles. The van der Waals surface area contributed by atoms with Crippen LogP contribution in [0.15, 0.2) is 30.3 Å². The molecule has 6 nitrogen and oxygen atoms in total. The number of quaternary nitrogens is 1. The van der Waals surface area contributed by atoms with Gasteiger partial charge in [0.05, 0.1) is 12.6 Å². The van der Waals surface area contributed by atoms with Crippen molar-refractivity contribution in [1.82, 2.24) is 5.32 Å². The summed E-state index contributed by atoms with van der Waals surface area (Å²) in [5.41, 5.74) is 2.36. The standard InChI is InChI=1S/C23H29N3O3S/c1-15(2)24-19(27)13-26(3)14-20(28)25-23-21(17-11-7-8-12-18(17)30-23)22(29)16-9-5-4-6-10-16/h4-6,9-10,15H,7-8,11-14H2,1-3H3,(H,24,27)(H,25,28)/p+1. The lowest BCUT2D eigenvalue weighted by molar-refractivity contribution is -0.862. The van der Waals surface area contributed by atoms with Crippen molar-refractivity contribution < 1.29 is 19.3 Å². The lowest BCUT2D eigenvalue weighted by atomic mass is 9.92. The van der Waals surface area contributed by atoms with E-state index in [0.717, 1.165) is 36.1 Å². The minimum absolute atomic E-state index is 0.0395. The summed E-state index contributed by atoms with van der Waals surface area (Å²) in [5, 5.41) is 6.45. The van der Waals surface area contributed by atoms with E-state index < -0.39 is 0 Å². The fourth-order valence-corrected chi connectivity index (χ4v) is 5.09. The molecular formula is C23H30N3O3S+. The number of rotatable bonds is 8. The predicted molar refractivity (Wildman–Crippen MR) is 119 cm³/mol. The predicted octanol–water partition coefficient (Wildman–Crippen LogP) is 1.84. The van der Waals surface area contributed by atoms with Gasteiger partial charge in [-0.15, -0.1) is 11.3 Å². The molecule has 2 amide bonds. The Bertz CT molecular complexity index is 921. The van der Waals surface area contributed by atoms with Gasteiger partial charge < -0.3 is 15.5 Å². The smallest absolute Gasteiger partial charge is 0.280 e. The Morgan fingerprint density at radius 3 is 2.40 bits per heavy atom. The molecule has 0 spiro atoms. The van der Waals surface area contributed by atoms with E-state index in [0.29, 0.717) is 16.1 Å². The van der Waals surface area contributed by atoms with Gasteiger partial charge in [-0.2, -0.15) is 0 Å². The van der Waals surface area contributed by atoms with E-state index in [1.165, 1.54) is 16.2 Å². The number of anilines is 1. The first-order valence-electron chi connectivity index (χ1n) is 10.5. The van der Waals surface area contributed by atoms with Gasteiger partial charge in [-0.05, 0) is 45.1 Å². The Labute approximate surface area is 181 Å². The monoisotopic (exact) mass is 428 g/mol. The van der Waals surface area contributed by atoms with Crippen LogP contribution in [0.1, 0.15) is 53.1 Å². The normalized spacial score (nSPS) is 14.1. The van der Waals surface area contributed by atoms with Crippen LogP contribution in [-0.4, -0.2) is 43.8 Å². The first-order chi connectivity index (χ1) is 14.3. The SMILES string of the molecule is CC(C)NC(=O)C[NH+](C)CC(=O)Nc1sc2c(c1C(=O)c1ccccc1)CCCC2. The Balaban J connectivity index is 1.75. The molecule has 1 aromatic carbocycles. The fourth-order valence-electron chi connectivity index (χ4n) is 3.78. The number of carbonyl (C=O) groups excluding carboxylic acids is 3. The quantitative estimate of drug-likeness (QED) is 0.562. The molecule has 1 atom stereocenters. The van der Waals surface area contributed by atoms with Gasteiger partial charge in [0, 0.05) is 16.5 Å². The highest BCUT2D eigenvalue weighted by Crippen LogP contribution is 2.39. The lowest BCUT2D eigenvalue weighted by Crippen LogP contribution is -3.11. The minimum Gasteiger partial charge on any atom is -0.349 e. The number of fused-ring (bicyclic) bond motifs is 1. The Hall–Kier alpha value is -2.51. The topological polar surface area (TPSA) is 79.7 Å². The van der Waals surface area contributed by atoms with Crippen molar-refractivity contribution in [2.24, 2.45) is 0 Å². The summed E-state index contributed by atoms with van der Waals surface area (Å²) in [4.78, 5) is 39.9. The van der Waals surface area contributed by atoms with Gasteiger partial charge in [0.1, 0.15) is 5.00 Å². The van der Waals surface area contributed by atoms with Crippen molar-refractivity contribution >= 4 is 33.9 Å². The molecular weight excluding hydrogens is 398 g/mol. The van der Waals surface area contributed by atoms with Crippen LogP contribution in [0.25, 0.3) is 0 Å². The van der Waals surface area contributed by atoms with Crippen LogP contribution in [0.3, 0.4) is 0 Å². The molecule has 30 heavy (non-hydrogen) atoms. The molecule has 0 bridgehead atoms. The van der Waals surface area contributed by atoms with Crippen LogP contribution in [0.4, 0.5) is 5.00 Å². The molecule has 0 saturated carbocycles. The zero-order valence-corrected chi connectivity index (χ0v) is 18.7. The third kappa shape index (κ3) is 5.55. The van der Waals surface area contributed by atoms with Crippen molar-refractivity contribution in [3.63, 3.8) is 0 Å². The van der Waals surface area contributed by atoms with Gasteiger partial charge in [-0.25, -0.2) is 0 Å². The van der Waals surface area contributed by atoms with Crippen LogP contribution >= 0.6 is 11.3 Å². The van der Waals surface area contributed by atoms with E-state index in [1.54, 1.807) is 0 Å². The van der Waals surface area contributed by atoms with Crippen molar-refractivity contribution in [2.45, 2.75) is 45.6 Å². The highest BCUT2D eigenvalue weighted by molar-refractivity contribution is 7.17. The highest BCUT2D eigenvalue weighted by Gasteiger charge is 2.27. The third-order valence-electron chi connectivity index (χ3n) is 5.06. The number of nitrogens with one attached hydrogen (secondary N) is 3. The third-order valence-corrected chi connectivity index (χ3v) is 6.27. The van der Waals surface area contributed by atoms with Gasteiger partial charge in [-0.3, -0.25) is 14.4 Å². The zero-order chi connectivity index (χ0) is 21.7. The second-order valence-corrected chi connectivity index (χ2v) is 9.30. The van der Waals surface area contributed by atoms with Gasteiger partial charge in [-0.1, -0.05) is 30.3 Å². The molecule has 0 radical (unpaired) electrons.